The van der Waals surface area contributed by atoms with Crippen LogP contribution in [0.2, 0.25) is 0 Å². The molecule has 0 aliphatic rings. The summed E-state index contributed by atoms with van der Waals surface area (Å²) in [4.78, 5) is 8.20. The van der Waals surface area contributed by atoms with Crippen molar-refractivity contribution in [1.29, 1.82) is 0 Å². The Morgan fingerprint density at radius 2 is 1.75 bits per heavy atom. The average Bonchev–Trinajstić information content (AvgIpc) is 2.28. The number of aryl methyl sites for hydroxylation is 2. The Morgan fingerprint density at radius 3 is 2.25 bits per heavy atom. The molecule has 0 amide bonds. The van der Waals surface area contributed by atoms with Gasteiger partial charge in [0.2, 0.25) is 0 Å². The predicted molar refractivity (Wildman–Crippen MR) is 68.4 cm³/mol. The molecule has 2 nitrogen and oxygen atoms in total. The van der Waals surface area contributed by atoms with E-state index in [1.165, 1.54) is 11.1 Å². The van der Waals surface area contributed by atoms with Crippen LogP contribution in [0.15, 0.2) is 41.5 Å². The highest BCUT2D eigenvalue weighted by atomic mass is 14.8. The zero-order valence-corrected chi connectivity index (χ0v) is 9.57. The summed E-state index contributed by atoms with van der Waals surface area (Å²) in [6, 6.07) is 10.3. The number of nitrogens with zero attached hydrogens (tertiary/aromatic N) is 2. The molecule has 2 heteroatoms. The van der Waals surface area contributed by atoms with Gasteiger partial charge in [0.25, 0.3) is 0 Å². The molecule has 0 fully saturated rings. The molecule has 0 saturated carbocycles. The molecule has 0 aliphatic carbocycles. The summed E-state index contributed by atoms with van der Waals surface area (Å²) in [5.74, 6) is 0. The lowest BCUT2D eigenvalue weighted by Gasteiger charge is -2.04. The van der Waals surface area contributed by atoms with E-state index in [4.69, 9.17) is 0 Å². The number of benzene rings is 1. The molecule has 1 aromatic heterocycles. The molecule has 2 rings (SSSR count). The first-order chi connectivity index (χ1) is 7.69. The molecule has 80 valence electrons. The highest BCUT2D eigenvalue weighted by molar-refractivity contribution is 5.62. The first kappa shape index (κ1) is 10.6. The van der Waals surface area contributed by atoms with Gasteiger partial charge >= 0.3 is 0 Å². The second-order valence-corrected chi connectivity index (χ2v) is 3.94. The van der Waals surface area contributed by atoms with Crippen molar-refractivity contribution in [2.24, 2.45) is 4.99 Å². The normalized spacial score (nSPS) is 10.1. The van der Waals surface area contributed by atoms with Crippen molar-refractivity contribution in [1.82, 2.24) is 4.98 Å². The largest absolute Gasteiger partial charge is 0.263 e. The smallest absolute Gasteiger partial charge is 0.0806 e. The lowest BCUT2D eigenvalue weighted by atomic mass is 10.0. The zero-order chi connectivity index (χ0) is 11.5. The van der Waals surface area contributed by atoms with Crippen LogP contribution in [0, 0.1) is 13.8 Å². The Kier molecular flexibility index (Phi) is 2.82. The molecule has 0 bridgehead atoms. The van der Waals surface area contributed by atoms with Crippen molar-refractivity contribution in [3.05, 3.63) is 47.7 Å². The molecule has 0 radical (unpaired) electrons. The van der Waals surface area contributed by atoms with Gasteiger partial charge in [0, 0.05) is 5.56 Å². The molecule has 2 aromatic rings. The van der Waals surface area contributed by atoms with Crippen molar-refractivity contribution in [3.8, 4) is 11.3 Å². The zero-order valence-electron chi connectivity index (χ0n) is 9.57. The third kappa shape index (κ3) is 2.16. The minimum absolute atomic E-state index is 0.799. The second-order valence-electron chi connectivity index (χ2n) is 3.94. The lowest BCUT2D eigenvalue weighted by molar-refractivity contribution is 1.29. The van der Waals surface area contributed by atoms with E-state index in [9.17, 15) is 0 Å². The summed E-state index contributed by atoms with van der Waals surface area (Å²) in [5, 5.41) is 0. The minimum atomic E-state index is 0.799. The van der Waals surface area contributed by atoms with Crippen molar-refractivity contribution < 1.29 is 0 Å². The number of pyridine rings is 1. The van der Waals surface area contributed by atoms with Gasteiger partial charge in [-0.15, -0.1) is 0 Å². The van der Waals surface area contributed by atoms with Crippen LogP contribution in [0.5, 0.6) is 0 Å². The maximum absolute atomic E-state index is 4.37. The van der Waals surface area contributed by atoms with Gasteiger partial charge in [-0.25, -0.2) is 0 Å². The Balaban J connectivity index is 2.45. The van der Waals surface area contributed by atoms with Gasteiger partial charge in [-0.2, -0.15) is 0 Å². The van der Waals surface area contributed by atoms with Crippen molar-refractivity contribution in [2.45, 2.75) is 13.8 Å². The van der Waals surface area contributed by atoms with E-state index in [0.29, 0.717) is 0 Å². The third-order valence-electron chi connectivity index (χ3n) is 2.45. The van der Waals surface area contributed by atoms with E-state index in [0.717, 1.165) is 16.9 Å². The molecule has 0 saturated heterocycles. The number of aromatic nitrogens is 1. The monoisotopic (exact) mass is 210 g/mol. The fourth-order valence-corrected chi connectivity index (χ4v) is 1.77. The predicted octanol–water partition coefficient (Wildman–Crippen LogP) is 3.70. The molecule has 16 heavy (non-hydrogen) atoms. The van der Waals surface area contributed by atoms with Crippen LogP contribution in [-0.4, -0.2) is 11.7 Å². The molecular formula is C14H14N2. The van der Waals surface area contributed by atoms with Crippen LogP contribution in [0.1, 0.15) is 11.1 Å². The molecule has 0 spiro atoms. The highest BCUT2D eigenvalue weighted by Crippen LogP contribution is 2.21. The first-order valence-corrected chi connectivity index (χ1v) is 5.20. The summed E-state index contributed by atoms with van der Waals surface area (Å²) >= 11 is 0. The van der Waals surface area contributed by atoms with Crippen LogP contribution < -0.4 is 0 Å². The maximum atomic E-state index is 4.37. The summed E-state index contributed by atoms with van der Waals surface area (Å²) < 4.78 is 0. The van der Waals surface area contributed by atoms with Gasteiger partial charge in [-0.05, 0) is 44.8 Å². The summed E-state index contributed by atoms with van der Waals surface area (Å²) in [5.41, 5.74) is 5.42. The number of aliphatic imine (C=N–C) groups is 1. The van der Waals surface area contributed by atoms with Crippen LogP contribution >= 0.6 is 0 Å². The van der Waals surface area contributed by atoms with Gasteiger partial charge in [-0.3, -0.25) is 9.98 Å². The topological polar surface area (TPSA) is 25.2 Å². The van der Waals surface area contributed by atoms with Crippen molar-refractivity contribution in [2.75, 3.05) is 0 Å². The average molecular weight is 210 g/mol. The summed E-state index contributed by atoms with van der Waals surface area (Å²) in [6.45, 7) is 7.66. The maximum Gasteiger partial charge on any atom is 0.0806 e. The lowest BCUT2D eigenvalue weighted by Crippen LogP contribution is -1.85. The Morgan fingerprint density at radius 1 is 1.06 bits per heavy atom. The Bertz CT molecular complexity index is 493. The fraction of sp³-hybridized carbons (Fsp3) is 0.143. The Hall–Kier alpha value is -1.96. The van der Waals surface area contributed by atoms with Gasteiger partial charge < -0.3 is 0 Å². The highest BCUT2D eigenvalue weighted by Gasteiger charge is 2.00. The van der Waals surface area contributed by atoms with Gasteiger partial charge in [0.1, 0.15) is 0 Å². The van der Waals surface area contributed by atoms with E-state index >= 15 is 0 Å². The summed E-state index contributed by atoms with van der Waals surface area (Å²) in [7, 11) is 0. The standard InChI is InChI=1S/C14H14N2/c1-10-6-11(2)8-12(7-10)14-5-4-13(15-3)9-16-14/h4-9H,3H2,1-2H3. The SMILES string of the molecule is C=Nc1ccc(-c2cc(C)cc(C)c2)nc1. The van der Waals surface area contributed by atoms with Gasteiger partial charge in [0.15, 0.2) is 0 Å². The molecule has 0 N–H and O–H groups in total. The number of hydrogen-bond acceptors (Lipinski definition) is 2. The van der Waals surface area contributed by atoms with E-state index < -0.39 is 0 Å². The van der Waals surface area contributed by atoms with E-state index in [-0.39, 0.29) is 0 Å². The van der Waals surface area contributed by atoms with Crippen molar-refractivity contribution >= 4 is 12.4 Å². The van der Waals surface area contributed by atoms with Crippen LogP contribution in [0.4, 0.5) is 5.69 Å². The van der Waals surface area contributed by atoms with Crippen LogP contribution in [-0.2, 0) is 0 Å². The molecule has 0 aliphatic heterocycles. The van der Waals surface area contributed by atoms with Gasteiger partial charge in [0.05, 0.1) is 17.6 Å². The van der Waals surface area contributed by atoms with Crippen molar-refractivity contribution in [3.63, 3.8) is 0 Å². The molecule has 1 aromatic carbocycles. The number of rotatable bonds is 2. The van der Waals surface area contributed by atoms with Gasteiger partial charge in [-0.1, -0.05) is 17.2 Å². The second kappa shape index (κ2) is 4.27. The first-order valence-electron chi connectivity index (χ1n) is 5.20. The van der Waals surface area contributed by atoms with Crippen LogP contribution in [0.25, 0.3) is 11.3 Å². The Labute approximate surface area is 95.7 Å². The van der Waals surface area contributed by atoms with E-state index in [1.54, 1.807) is 6.20 Å². The fourth-order valence-electron chi connectivity index (χ4n) is 1.77. The molecule has 0 unspecified atom stereocenters. The van der Waals surface area contributed by atoms with E-state index in [2.05, 4.69) is 48.7 Å². The number of hydrogen-bond donors (Lipinski definition) is 0. The van der Waals surface area contributed by atoms with Crippen LogP contribution in [0.3, 0.4) is 0 Å². The molecule has 1 heterocycles. The quantitative estimate of drug-likeness (QED) is 0.694. The molecule has 0 atom stereocenters. The summed E-state index contributed by atoms with van der Waals surface area (Å²) in [6.07, 6.45) is 1.74. The minimum Gasteiger partial charge on any atom is -0.263 e. The third-order valence-corrected chi connectivity index (χ3v) is 2.45. The molecular weight excluding hydrogens is 196 g/mol. The van der Waals surface area contributed by atoms with E-state index in [1.807, 2.05) is 12.1 Å².